The van der Waals surface area contributed by atoms with E-state index in [9.17, 15) is 18.7 Å². The Balaban J connectivity index is 1.51. The monoisotopic (exact) mass is 460 g/mol. The van der Waals surface area contributed by atoms with Crippen molar-refractivity contribution in [1.29, 1.82) is 0 Å². The predicted molar refractivity (Wildman–Crippen MR) is 118 cm³/mol. The molecule has 0 saturated heterocycles. The molecule has 32 heavy (non-hydrogen) atoms. The number of aromatic nitrogens is 2. The molecular formula is C23H26F2N4O2S. The summed E-state index contributed by atoms with van der Waals surface area (Å²) < 4.78 is 27.3. The maximum Gasteiger partial charge on any atom is 0.217 e. The number of aromatic amines is 1. The summed E-state index contributed by atoms with van der Waals surface area (Å²) >= 11 is 1.65. The lowest BCUT2D eigenvalue weighted by Crippen LogP contribution is -2.54. The van der Waals surface area contributed by atoms with Gasteiger partial charge in [-0.15, -0.1) is 11.3 Å². The zero-order valence-electron chi connectivity index (χ0n) is 17.7. The molecule has 4 N–H and O–H groups in total. The molecular weight excluding hydrogens is 434 g/mol. The number of aliphatic hydroxyl groups is 1. The number of carbonyl (C=O) groups is 1. The molecule has 0 spiro atoms. The molecule has 2 aromatic heterocycles. The SMILES string of the molecule is CC(=O)NC(Cc1cc(F)cc(F)c1)[C@H](O)CNC1(c2cccs2)CCc2[nH]ncc2C1. The van der Waals surface area contributed by atoms with E-state index in [4.69, 9.17) is 0 Å². The second kappa shape index (κ2) is 9.48. The smallest absolute Gasteiger partial charge is 0.217 e. The van der Waals surface area contributed by atoms with Crippen LogP contribution in [-0.4, -0.2) is 39.9 Å². The Morgan fingerprint density at radius 3 is 2.81 bits per heavy atom. The molecule has 0 radical (unpaired) electrons. The molecule has 3 aromatic rings. The maximum absolute atomic E-state index is 13.6. The summed E-state index contributed by atoms with van der Waals surface area (Å²) in [4.78, 5) is 12.9. The summed E-state index contributed by atoms with van der Waals surface area (Å²) in [6.45, 7) is 1.56. The molecule has 1 aliphatic rings. The lowest BCUT2D eigenvalue weighted by atomic mass is 9.79. The zero-order valence-corrected chi connectivity index (χ0v) is 18.5. The van der Waals surface area contributed by atoms with Crippen LogP contribution >= 0.6 is 11.3 Å². The number of aryl methyl sites for hydroxylation is 1. The highest BCUT2D eigenvalue weighted by Crippen LogP contribution is 2.38. The van der Waals surface area contributed by atoms with Gasteiger partial charge in [-0.3, -0.25) is 9.89 Å². The zero-order chi connectivity index (χ0) is 22.7. The number of thiophene rings is 1. The number of nitrogens with zero attached hydrogens (tertiary/aromatic N) is 1. The lowest BCUT2D eigenvalue weighted by Gasteiger charge is -2.39. The second-order valence-corrected chi connectivity index (χ2v) is 9.29. The minimum absolute atomic E-state index is 0.106. The summed E-state index contributed by atoms with van der Waals surface area (Å²) in [6.07, 6.45) is 3.37. The van der Waals surface area contributed by atoms with E-state index in [1.165, 1.54) is 23.9 Å². The third-order valence-corrected chi connectivity index (χ3v) is 7.05. The van der Waals surface area contributed by atoms with Gasteiger partial charge in [0, 0.05) is 30.1 Å². The maximum atomic E-state index is 13.6. The number of benzene rings is 1. The molecule has 0 bridgehead atoms. The van der Waals surface area contributed by atoms with Crippen LogP contribution in [0.1, 0.15) is 35.0 Å². The molecule has 2 unspecified atom stereocenters. The highest BCUT2D eigenvalue weighted by molar-refractivity contribution is 7.10. The number of hydrogen-bond donors (Lipinski definition) is 4. The molecule has 1 aliphatic carbocycles. The Bertz CT molecular complexity index is 1050. The number of aliphatic hydroxyl groups excluding tert-OH is 1. The predicted octanol–water partition coefficient (Wildman–Crippen LogP) is 2.83. The number of carbonyl (C=O) groups excluding carboxylic acids is 1. The molecule has 0 fully saturated rings. The first kappa shape index (κ1) is 22.6. The van der Waals surface area contributed by atoms with Gasteiger partial charge in [-0.25, -0.2) is 8.78 Å². The quantitative estimate of drug-likeness (QED) is 0.416. The Kier molecular flexibility index (Phi) is 6.68. The number of rotatable bonds is 8. The van der Waals surface area contributed by atoms with Crippen molar-refractivity contribution < 1.29 is 18.7 Å². The van der Waals surface area contributed by atoms with Crippen LogP contribution in [0.3, 0.4) is 0 Å². The van der Waals surface area contributed by atoms with Crippen molar-refractivity contribution in [2.45, 2.75) is 50.3 Å². The third kappa shape index (κ3) is 5.06. The van der Waals surface area contributed by atoms with Crippen LogP contribution in [0.15, 0.2) is 41.9 Å². The molecule has 3 atom stereocenters. The Morgan fingerprint density at radius 1 is 1.34 bits per heavy atom. The Hall–Kier alpha value is -2.62. The van der Waals surface area contributed by atoms with Crippen molar-refractivity contribution in [3.8, 4) is 0 Å². The van der Waals surface area contributed by atoms with Gasteiger partial charge in [0.25, 0.3) is 0 Å². The van der Waals surface area contributed by atoms with Gasteiger partial charge in [0.15, 0.2) is 0 Å². The molecule has 9 heteroatoms. The number of nitrogens with one attached hydrogen (secondary N) is 3. The molecule has 170 valence electrons. The topological polar surface area (TPSA) is 90.0 Å². The standard InChI is InChI=1S/C23H26F2N4O2S/c1-14(30)28-20(9-15-7-17(24)10-18(25)8-15)21(31)13-26-23(22-3-2-6-32-22)5-4-19-16(11-23)12-27-29-19/h2-3,6-8,10,12,20-21,26,31H,4-5,9,11,13H2,1H3,(H,27,29)(H,28,30)/t20?,21-,23?/m1/s1. The van der Waals surface area contributed by atoms with Gasteiger partial charge >= 0.3 is 0 Å². The Labute approximate surface area is 189 Å². The summed E-state index contributed by atoms with van der Waals surface area (Å²) in [7, 11) is 0. The summed E-state index contributed by atoms with van der Waals surface area (Å²) in [5.41, 5.74) is 2.27. The van der Waals surface area contributed by atoms with Crippen LogP contribution in [0.5, 0.6) is 0 Å². The van der Waals surface area contributed by atoms with Crippen molar-refractivity contribution in [2.24, 2.45) is 0 Å². The average molecular weight is 461 g/mol. The van der Waals surface area contributed by atoms with Crippen LogP contribution in [0.4, 0.5) is 8.78 Å². The van der Waals surface area contributed by atoms with Crippen LogP contribution in [0.2, 0.25) is 0 Å². The second-order valence-electron chi connectivity index (χ2n) is 8.35. The van der Waals surface area contributed by atoms with Gasteiger partial charge < -0.3 is 15.7 Å². The molecule has 2 heterocycles. The number of amides is 1. The summed E-state index contributed by atoms with van der Waals surface area (Å²) in [5, 5.41) is 26.5. The molecule has 0 saturated carbocycles. The van der Waals surface area contributed by atoms with E-state index in [0.717, 1.165) is 36.6 Å². The van der Waals surface area contributed by atoms with Crippen LogP contribution < -0.4 is 10.6 Å². The molecule has 0 aliphatic heterocycles. The van der Waals surface area contributed by atoms with Gasteiger partial charge in [0.05, 0.1) is 23.9 Å². The van der Waals surface area contributed by atoms with E-state index in [2.05, 4.69) is 26.9 Å². The van der Waals surface area contributed by atoms with Crippen LogP contribution in [0.25, 0.3) is 0 Å². The van der Waals surface area contributed by atoms with Crippen LogP contribution in [0, 0.1) is 11.6 Å². The largest absolute Gasteiger partial charge is 0.390 e. The van der Waals surface area contributed by atoms with Crippen molar-refractivity contribution in [2.75, 3.05) is 6.54 Å². The minimum Gasteiger partial charge on any atom is -0.390 e. The van der Waals surface area contributed by atoms with Gasteiger partial charge in [-0.2, -0.15) is 5.10 Å². The fourth-order valence-electron chi connectivity index (χ4n) is 4.43. The third-order valence-electron chi connectivity index (χ3n) is 5.98. The van der Waals surface area contributed by atoms with Crippen molar-refractivity contribution >= 4 is 17.2 Å². The molecule has 1 amide bonds. The lowest BCUT2D eigenvalue weighted by molar-refractivity contribution is -0.120. The van der Waals surface area contributed by atoms with Crippen molar-refractivity contribution in [1.82, 2.24) is 20.8 Å². The molecule has 4 rings (SSSR count). The fraction of sp³-hybridized carbons (Fsp3) is 0.391. The molecule has 6 nitrogen and oxygen atoms in total. The normalized spacial score (nSPS) is 19.9. The van der Waals surface area contributed by atoms with E-state index in [0.29, 0.717) is 5.56 Å². The van der Waals surface area contributed by atoms with Crippen LogP contribution in [-0.2, 0) is 29.6 Å². The Morgan fingerprint density at radius 2 is 2.12 bits per heavy atom. The molecule has 1 aromatic carbocycles. The first-order valence-corrected chi connectivity index (χ1v) is 11.4. The van der Waals surface area contributed by atoms with Gasteiger partial charge in [-0.1, -0.05) is 6.07 Å². The van der Waals surface area contributed by atoms with E-state index in [-0.39, 0.29) is 24.4 Å². The van der Waals surface area contributed by atoms with E-state index in [1.807, 2.05) is 17.6 Å². The highest BCUT2D eigenvalue weighted by atomic mass is 32.1. The summed E-state index contributed by atoms with van der Waals surface area (Å²) in [5.74, 6) is -1.70. The van der Waals surface area contributed by atoms with E-state index < -0.39 is 23.8 Å². The van der Waals surface area contributed by atoms with Crippen molar-refractivity contribution in [3.05, 3.63) is 75.2 Å². The average Bonchev–Trinajstić information content (AvgIpc) is 3.42. The first-order chi connectivity index (χ1) is 15.3. The number of hydrogen-bond acceptors (Lipinski definition) is 5. The van der Waals surface area contributed by atoms with Gasteiger partial charge in [0.1, 0.15) is 11.6 Å². The number of fused-ring (bicyclic) bond motifs is 1. The van der Waals surface area contributed by atoms with E-state index >= 15 is 0 Å². The van der Waals surface area contributed by atoms with E-state index in [1.54, 1.807) is 11.3 Å². The number of halogens is 2. The minimum atomic E-state index is -0.965. The fourth-order valence-corrected chi connectivity index (χ4v) is 5.36. The van der Waals surface area contributed by atoms with Gasteiger partial charge in [0.2, 0.25) is 5.91 Å². The highest BCUT2D eigenvalue weighted by Gasteiger charge is 2.38. The summed E-state index contributed by atoms with van der Waals surface area (Å²) in [6, 6.07) is 6.61. The number of H-pyrrole nitrogens is 1. The van der Waals surface area contributed by atoms with Crippen molar-refractivity contribution in [3.63, 3.8) is 0 Å². The van der Waals surface area contributed by atoms with Gasteiger partial charge in [-0.05, 0) is 60.4 Å². The first-order valence-electron chi connectivity index (χ1n) is 10.5.